The lowest BCUT2D eigenvalue weighted by Crippen LogP contribution is -2.33. The van der Waals surface area contributed by atoms with E-state index in [0.717, 1.165) is 11.1 Å². The molecule has 1 amide bonds. The number of nitrogens with one attached hydrogen (secondary N) is 1. The first-order valence-electron chi connectivity index (χ1n) is 10.1. The van der Waals surface area contributed by atoms with Crippen molar-refractivity contribution >= 4 is 35.1 Å². The van der Waals surface area contributed by atoms with E-state index in [-0.39, 0.29) is 17.9 Å². The Labute approximate surface area is 195 Å². The van der Waals surface area contributed by atoms with Crippen molar-refractivity contribution in [3.8, 4) is 5.75 Å². The molecule has 0 radical (unpaired) electrons. The summed E-state index contributed by atoms with van der Waals surface area (Å²) in [6, 6.07) is 15.0. The van der Waals surface area contributed by atoms with Crippen LogP contribution in [0, 0.1) is 0 Å². The summed E-state index contributed by atoms with van der Waals surface area (Å²) in [5.41, 5.74) is 1.96. The predicted octanol–water partition coefficient (Wildman–Crippen LogP) is 4.76. The van der Waals surface area contributed by atoms with Crippen molar-refractivity contribution in [1.29, 1.82) is 0 Å². The largest absolute Gasteiger partial charge is 0.489 e. The van der Waals surface area contributed by atoms with Crippen molar-refractivity contribution in [3.63, 3.8) is 0 Å². The topological polar surface area (TPSA) is 73.2 Å². The third kappa shape index (κ3) is 4.59. The van der Waals surface area contributed by atoms with E-state index in [9.17, 15) is 9.59 Å². The van der Waals surface area contributed by atoms with E-state index in [4.69, 9.17) is 16.3 Å². The van der Waals surface area contributed by atoms with Gasteiger partial charge < -0.3 is 14.6 Å². The molecule has 0 saturated heterocycles. The highest BCUT2D eigenvalue weighted by Crippen LogP contribution is 2.39. The Morgan fingerprint density at radius 1 is 1.25 bits per heavy atom. The number of hydrogen-bond donors (Lipinski definition) is 1. The molecular weight excluding hydrogens is 446 g/mol. The van der Waals surface area contributed by atoms with Crippen LogP contribution in [0.4, 0.5) is 5.82 Å². The molecule has 6 nitrogen and oxygen atoms in total. The molecule has 0 unspecified atom stereocenters. The molecule has 1 atom stereocenters. The average Bonchev–Trinajstić information content (AvgIpc) is 2.79. The van der Waals surface area contributed by atoms with Crippen LogP contribution in [0.5, 0.6) is 5.75 Å². The monoisotopic (exact) mass is 467 g/mol. The second-order valence-corrected chi connectivity index (χ2v) is 8.76. The first-order chi connectivity index (χ1) is 15.5. The Morgan fingerprint density at radius 3 is 2.75 bits per heavy atom. The minimum Gasteiger partial charge on any atom is -0.489 e. The van der Waals surface area contributed by atoms with Gasteiger partial charge in [-0.1, -0.05) is 66.3 Å². The smallest absolute Gasteiger partial charge is 0.279 e. The van der Waals surface area contributed by atoms with Gasteiger partial charge in [-0.15, -0.1) is 0 Å². The Morgan fingerprint density at radius 2 is 2.00 bits per heavy atom. The number of para-hydroxylation sites is 1. The number of halogens is 1. The number of aromatic nitrogens is 2. The number of nitrogens with zero attached hydrogens (tertiary/aromatic N) is 2. The molecule has 0 bridgehead atoms. The van der Waals surface area contributed by atoms with Crippen LogP contribution in [0.15, 0.2) is 71.1 Å². The maximum absolute atomic E-state index is 13.1. The van der Waals surface area contributed by atoms with Gasteiger partial charge >= 0.3 is 0 Å². The van der Waals surface area contributed by atoms with Crippen LogP contribution in [-0.2, 0) is 17.6 Å². The van der Waals surface area contributed by atoms with Gasteiger partial charge in [0.15, 0.2) is 5.16 Å². The van der Waals surface area contributed by atoms with Crippen LogP contribution in [0.3, 0.4) is 0 Å². The maximum atomic E-state index is 13.1. The standard InChI is InChI=1S/C24H22ClN3O3S/c1-3-12-31-19-7-5-4-6-17(19)18-13-20(29)26-22-21(18)23(30)27-24(28(22)2)32-14-15-8-10-16(25)11-9-15/h3-11,18H,1,12-14H2,2H3,(H,26,29)/t18-/m0/s1. The number of ether oxygens (including phenoxy) is 1. The summed E-state index contributed by atoms with van der Waals surface area (Å²) < 4.78 is 7.56. The highest BCUT2D eigenvalue weighted by atomic mass is 35.5. The molecule has 1 aromatic heterocycles. The molecule has 32 heavy (non-hydrogen) atoms. The lowest BCUT2D eigenvalue weighted by Gasteiger charge is -2.28. The van der Waals surface area contributed by atoms with Crippen LogP contribution in [0.2, 0.25) is 5.02 Å². The van der Waals surface area contributed by atoms with E-state index in [0.29, 0.717) is 39.7 Å². The van der Waals surface area contributed by atoms with Crippen LogP contribution in [0.1, 0.15) is 29.0 Å². The molecular formula is C24H22ClN3O3S. The zero-order chi connectivity index (χ0) is 22.7. The van der Waals surface area contributed by atoms with Crippen LogP contribution >= 0.6 is 23.4 Å². The number of anilines is 1. The number of carbonyl (C=O) groups is 1. The van der Waals surface area contributed by atoms with Gasteiger partial charge in [-0.05, 0) is 23.8 Å². The average molecular weight is 468 g/mol. The molecule has 1 aliphatic rings. The summed E-state index contributed by atoms with van der Waals surface area (Å²) in [6.07, 6.45) is 1.80. The van der Waals surface area contributed by atoms with Gasteiger partial charge in [0.1, 0.15) is 18.2 Å². The number of thioether (sulfide) groups is 1. The summed E-state index contributed by atoms with van der Waals surface area (Å²) >= 11 is 7.38. The molecule has 4 rings (SSSR count). The molecule has 2 heterocycles. The molecule has 0 aliphatic carbocycles. The van der Waals surface area contributed by atoms with Gasteiger partial charge in [-0.3, -0.25) is 9.59 Å². The molecule has 2 aromatic carbocycles. The minimum absolute atomic E-state index is 0.148. The number of benzene rings is 2. The Hall–Kier alpha value is -3.03. The summed E-state index contributed by atoms with van der Waals surface area (Å²) in [7, 11) is 1.80. The molecule has 164 valence electrons. The quantitative estimate of drug-likeness (QED) is 0.308. The molecule has 0 fully saturated rings. The lowest BCUT2D eigenvalue weighted by molar-refractivity contribution is -0.116. The third-order valence-corrected chi connectivity index (χ3v) is 6.59. The van der Waals surface area contributed by atoms with Gasteiger partial charge in [0.05, 0.1) is 5.56 Å². The normalized spacial score (nSPS) is 15.1. The zero-order valence-electron chi connectivity index (χ0n) is 17.5. The van der Waals surface area contributed by atoms with E-state index in [1.165, 1.54) is 11.8 Å². The Kier molecular flexibility index (Phi) is 6.67. The zero-order valence-corrected chi connectivity index (χ0v) is 19.1. The van der Waals surface area contributed by atoms with Gasteiger partial charge in [-0.2, -0.15) is 4.98 Å². The third-order valence-electron chi connectivity index (χ3n) is 5.23. The molecule has 8 heteroatoms. The number of amides is 1. The van der Waals surface area contributed by atoms with Crippen LogP contribution < -0.4 is 15.6 Å². The fourth-order valence-corrected chi connectivity index (χ4v) is 4.75. The van der Waals surface area contributed by atoms with E-state index < -0.39 is 5.92 Å². The van der Waals surface area contributed by atoms with Crippen molar-refractivity contribution in [2.75, 3.05) is 11.9 Å². The summed E-state index contributed by atoms with van der Waals surface area (Å²) in [5, 5.41) is 4.07. The molecule has 0 saturated carbocycles. The fourth-order valence-electron chi connectivity index (χ4n) is 3.71. The summed E-state index contributed by atoms with van der Waals surface area (Å²) in [6.45, 7) is 4.02. The minimum atomic E-state index is -0.443. The van der Waals surface area contributed by atoms with Crippen molar-refractivity contribution in [3.05, 3.63) is 93.3 Å². The summed E-state index contributed by atoms with van der Waals surface area (Å²) in [5.74, 6) is 1.12. The van der Waals surface area contributed by atoms with E-state index in [1.807, 2.05) is 48.5 Å². The highest BCUT2D eigenvalue weighted by Gasteiger charge is 2.33. The van der Waals surface area contributed by atoms with Crippen molar-refractivity contribution in [2.45, 2.75) is 23.2 Å². The van der Waals surface area contributed by atoms with Gasteiger partial charge in [0.2, 0.25) is 5.91 Å². The van der Waals surface area contributed by atoms with Gasteiger partial charge in [-0.25, -0.2) is 0 Å². The lowest BCUT2D eigenvalue weighted by atomic mass is 9.86. The van der Waals surface area contributed by atoms with Crippen molar-refractivity contribution in [2.24, 2.45) is 7.05 Å². The van der Waals surface area contributed by atoms with Crippen molar-refractivity contribution in [1.82, 2.24) is 9.55 Å². The molecule has 1 aliphatic heterocycles. The SMILES string of the molecule is C=CCOc1ccccc1[C@@H]1CC(=O)Nc2c1c(=O)nc(SCc1ccc(Cl)cc1)n2C. The maximum Gasteiger partial charge on any atom is 0.279 e. The molecule has 0 spiro atoms. The Bertz CT molecular complexity index is 1220. The van der Waals surface area contributed by atoms with Crippen LogP contribution in [0.25, 0.3) is 0 Å². The van der Waals surface area contributed by atoms with E-state index in [2.05, 4.69) is 16.9 Å². The number of fused-ring (bicyclic) bond motifs is 1. The van der Waals surface area contributed by atoms with Crippen molar-refractivity contribution < 1.29 is 9.53 Å². The predicted molar refractivity (Wildman–Crippen MR) is 128 cm³/mol. The van der Waals surface area contributed by atoms with E-state index in [1.54, 1.807) is 17.7 Å². The number of carbonyl (C=O) groups excluding carboxylic acids is 1. The Balaban J connectivity index is 1.71. The molecule has 1 N–H and O–H groups in total. The second kappa shape index (κ2) is 9.63. The number of hydrogen-bond acceptors (Lipinski definition) is 5. The number of rotatable bonds is 7. The fraction of sp³-hybridized carbons (Fsp3) is 0.208. The summed E-state index contributed by atoms with van der Waals surface area (Å²) in [4.78, 5) is 30.1. The van der Waals surface area contributed by atoms with E-state index >= 15 is 0 Å². The highest BCUT2D eigenvalue weighted by molar-refractivity contribution is 7.98. The van der Waals surface area contributed by atoms with Crippen LogP contribution in [-0.4, -0.2) is 22.1 Å². The van der Waals surface area contributed by atoms with Gasteiger partial charge in [0, 0.05) is 35.7 Å². The van der Waals surface area contributed by atoms with Gasteiger partial charge in [0.25, 0.3) is 5.56 Å². The first kappa shape index (κ1) is 22.2. The second-order valence-electron chi connectivity index (χ2n) is 7.38. The first-order valence-corrected chi connectivity index (χ1v) is 11.4. The molecule has 3 aromatic rings.